The van der Waals surface area contributed by atoms with Gasteiger partial charge in [0.2, 0.25) is 0 Å². The van der Waals surface area contributed by atoms with E-state index in [0.29, 0.717) is 10.8 Å². The zero-order valence-electron chi connectivity index (χ0n) is 11.2. The quantitative estimate of drug-likeness (QED) is 0.788. The molecule has 7 nitrogen and oxygen atoms in total. The lowest BCUT2D eigenvalue weighted by Crippen LogP contribution is -2.18. The maximum atomic E-state index is 12.6. The Balaban J connectivity index is 2.07. The lowest BCUT2D eigenvalue weighted by molar-refractivity contribution is 0.539. The lowest BCUT2D eigenvalue weighted by Gasteiger charge is -2.12. The molecular weight excluding hydrogens is 334 g/mol. The number of fused-ring (bicyclic) bond motifs is 1. The zero-order valence-corrected chi connectivity index (χ0v) is 13.6. The molecule has 3 rings (SSSR count). The van der Waals surface area contributed by atoms with Crippen molar-refractivity contribution in [2.24, 2.45) is 0 Å². The summed E-state index contributed by atoms with van der Waals surface area (Å²) in [6.07, 6.45) is 3.16. The Bertz CT molecular complexity index is 893. The van der Waals surface area contributed by atoms with E-state index in [-0.39, 0.29) is 16.2 Å². The van der Waals surface area contributed by atoms with Gasteiger partial charge in [-0.25, -0.2) is 9.67 Å². The van der Waals surface area contributed by atoms with Crippen LogP contribution in [0.1, 0.15) is 19.9 Å². The summed E-state index contributed by atoms with van der Waals surface area (Å²) >= 11 is 7.28. The standard InChI is InChI=1S/C11H12ClN5O2S2/c1-7(2)17-8(3-4-13-17)15-21(18,19)10-9(12)14-11-16(10)5-6-20-11/h3-7,15H,1-2H3. The van der Waals surface area contributed by atoms with Crippen LogP contribution in [0.25, 0.3) is 4.96 Å². The molecule has 0 atom stereocenters. The van der Waals surface area contributed by atoms with Crippen LogP contribution in [0.3, 0.4) is 0 Å². The van der Waals surface area contributed by atoms with E-state index in [2.05, 4.69) is 14.8 Å². The molecule has 0 bridgehead atoms. The van der Waals surface area contributed by atoms with Crippen molar-refractivity contribution < 1.29 is 8.42 Å². The van der Waals surface area contributed by atoms with Crippen LogP contribution in [0.15, 0.2) is 28.9 Å². The fourth-order valence-electron chi connectivity index (χ4n) is 1.97. The second kappa shape index (κ2) is 5.00. The molecule has 1 N–H and O–H groups in total. The van der Waals surface area contributed by atoms with Gasteiger partial charge in [-0.1, -0.05) is 11.6 Å². The Morgan fingerprint density at radius 1 is 1.43 bits per heavy atom. The van der Waals surface area contributed by atoms with Crippen molar-refractivity contribution >= 4 is 43.7 Å². The fourth-order valence-corrected chi connectivity index (χ4v) is 4.48. The van der Waals surface area contributed by atoms with Gasteiger partial charge in [0.15, 0.2) is 15.1 Å². The van der Waals surface area contributed by atoms with Crippen LogP contribution < -0.4 is 4.72 Å². The van der Waals surface area contributed by atoms with Crippen molar-refractivity contribution in [1.82, 2.24) is 19.2 Å². The van der Waals surface area contributed by atoms with E-state index in [9.17, 15) is 8.42 Å². The molecule has 112 valence electrons. The van der Waals surface area contributed by atoms with E-state index in [1.807, 2.05) is 13.8 Å². The minimum Gasteiger partial charge on any atom is -0.278 e. The molecule has 3 aromatic rings. The summed E-state index contributed by atoms with van der Waals surface area (Å²) in [4.78, 5) is 4.56. The van der Waals surface area contributed by atoms with Gasteiger partial charge in [0.05, 0.1) is 6.20 Å². The number of halogens is 1. The number of hydrogen-bond donors (Lipinski definition) is 1. The van der Waals surface area contributed by atoms with Crippen LogP contribution in [0.2, 0.25) is 5.15 Å². The maximum Gasteiger partial charge on any atom is 0.282 e. The molecule has 0 fully saturated rings. The number of nitrogens with zero attached hydrogens (tertiary/aromatic N) is 4. The summed E-state index contributed by atoms with van der Waals surface area (Å²) in [6.45, 7) is 3.82. The third-order valence-corrected chi connectivity index (χ3v) is 5.34. The highest BCUT2D eigenvalue weighted by Gasteiger charge is 2.26. The van der Waals surface area contributed by atoms with Gasteiger partial charge in [0.25, 0.3) is 10.0 Å². The normalized spacial score (nSPS) is 12.4. The highest BCUT2D eigenvalue weighted by atomic mass is 35.5. The second-order valence-corrected chi connectivity index (χ2v) is 7.45. The third-order valence-electron chi connectivity index (χ3n) is 2.83. The van der Waals surface area contributed by atoms with Gasteiger partial charge in [-0.05, 0) is 13.8 Å². The third kappa shape index (κ3) is 2.41. The average Bonchev–Trinajstić information content (AvgIpc) is 3.02. The predicted molar refractivity (Wildman–Crippen MR) is 81.5 cm³/mol. The molecule has 0 aliphatic carbocycles. The fraction of sp³-hybridized carbons (Fsp3) is 0.273. The van der Waals surface area contributed by atoms with Gasteiger partial charge in [-0.2, -0.15) is 13.5 Å². The summed E-state index contributed by atoms with van der Waals surface area (Å²) in [6, 6.07) is 1.62. The molecule has 0 saturated heterocycles. The van der Waals surface area contributed by atoms with Crippen LogP contribution in [0, 0.1) is 0 Å². The first-order valence-corrected chi connectivity index (χ1v) is 8.81. The topological polar surface area (TPSA) is 81.3 Å². The zero-order chi connectivity index (χ0) is 15.2. The number of imidazole rings is 1. The van der Waals surface area contributed by atoms with Gasteiger partial charge in [-0.3, -0.25) is 9.12 Å². The molecule has 21 heavy (non-hydrogen) atoms. The molecule has 0 amide bonds. The molecule has 0 unspecified atom stereocenters. The molecule has 3 heterocycles. The van der Waals surface area contributed by atoms with Gasteiger partial charge < -0.3 is 0 Å². The first kappa shape index (κ1) is 14.4. The maximum absolute atomic E-state index is 12.6. The molecule has 0 aromatic carbocycles. The van der Waals surface area contributed by atoms with Crippen LogP contribution in [-0.2, 0) is 10.0 Å². The Hall–Kier alpha value is -1.58. The predicted octanol–water partition coefficient (Wildman–Crippen LogP) is 2.63. The van der Waals surface area contributed by atoms with E-state index < -0.39 is 10.0 Å². The Kier molecular flexibility index (Phi) is 3.42. The minimum atomic E-state index is -3.86. The molecule has 0 aliphatic rings. The van der Waals surface area contributed by atoms with E-state index in [4.69, 9.17) is 11.6 Å². The van der Waals surface area contributed by atoms with Crippen LogP contribution in [0.5, 0.6) is 0 Å². The van der Waals surface area contributed by atoms with Gasteiger partial charge in [0.1, 0.15) is 5.82 Å². The Morgan fingerprint density at radius 3 is 2.90 bits per heavy atom. The summed E-state index contributed by atoms with van der Waals surface area (Å²) in [7, 11) is -3.86. The minimum absolute atomic E-state index is 0.0276. The van der Waals surface area contributed by atoms with Crippen molar-refractivity contribution in [3.63, 3.8) is 0 Å². The number of thiazole rings is 1. The van der Waals surface area contributed by atoms with Crippen LogP contribution >= 0.6 is 22.9 Å². The number of nitrogens with one attached hydrogen (secondary N) is 1. The van der Waals surface area contributed by atoms with Crippen molar-refractivity contribution in [2.45, 2.75) is 24.9 Å². The van der Waals surface area contributed by atoms with Crippen molar-refractivity contribution in [2.75, 3.05) is 4.72 Å². The Labute approximate surface area is 130 Å². The SMILES string of the molecule is CC(C)n1nccc1NS(=O)(=O)c1c(Cl)nc2sccn12. The van der Waals surface area contributed by atoms with Crippen LogP contribution in [-0.4, -0.2) is 27.6 Å². The number of aromatic nitrogens is 4. The van der Waals surface area contributed by atoms with Gasteiger partial charge in [-0.15, -0.1) is 11.3 Å². The van der Waals surface area contributed by atoms with Crippen molar-refractivity contribution in [1.29, 1.82) is 0 Å². The van der Waals surface area contributed by atoms with E-state index in [0.717, 1.165) is 0 Å². The number of rotatable bonds is 4. The molecule has 0 spiro atoms. The first-order chi connectivity index (χ1) is 9.90. The second-order valence-electron chi connectivity index (χ2n) is 4.62. The van der Waals surface area contributed by atoms with Crippen molar-refractivity contribution in [3.8, 4) is 0 Å². The highest BCUT2D eigenvalue weighted by Crippen LogP contribution is 2.27. The van der Waals surface area contributed by atoms with E-state index in [1.54, 1.807) is 22.3 Å². The summed E-state index contributed by atoms with van der Waals surface area (Å²) < 4.78 is 30.7. The molecule has 0 radical (unpaired) electrons. The van der Waals surface area contributed by atoms with Crippen LogP contribution in [0.4, 0.5) is 5.82 Å². The highest BCUT2D eigenvalue weighted by molar-refractivity contribution is 7.92. The number of anilines is 1. The van der Waals surface area contributed by atoms with E-state index in [1.165, 1.54) is 21.9 Å². The molecular formula is C11H12ClN5O2S2. The molecule has 3 aromatic heterocycles. The smallest absolute Gasteiger partial charge is 0.278 e. The van der Waals surface area contributed by atoms with Gasteiger partial charge in [0, 0.05) is 23.7 Å². The number of hydrogen-bond acceptors (Lipinski definition) is 5. The van der Waals surface area contributed by atoms with E-state index >= 15 is 0 Å². The monoisotopic (exact) mass is 345 g/mol. The number of sulfonamides is 1. The summed E-state index contributed by atoms with van der Waals surface area (Å²) in [5.74, 6) is 0.381. The summed E-state index contributed by atoms with van der Waals surface area (Å²) in [5.41, 5.74) is 0. The average molecular weight is 346 g/mol. The molecule has 0 aliphatic heterocycles. The largest absolute Gasteiger partial charge is 0.282 e. The Morgan fingerprint density at radius 2 is 2.19 bits per heavy atom. The first-order valence-electron chi connectivity index (χ1n) is 6.07. The van der Waals surface area contributed by atoms with Crippen molar-refractivity contribution in [3.05, 3.63) is 29.0 Å². The van der Waals surface area contributed by atoms with Gasteiger partial charge >= 0.3 is 0 Å². The molecule has 10 heteroatoms. The summed E-state index contributed by atoms with van der Waals surface area (Å²) in [5, 5.41) is 5.72. The lowest BCUT2D eigenvalue weighted by atomic mass is 10.4. The molecule has 0 saturated carbocycles.